The van der Waals surface area contributed by atoms with Gasteiger partial charge in [-0.05, 0) is 54.5 Å². The Kier molecular flexibility index (Phi) is 12.0. The number of aromatic nitrogens is 2. The number of ether oxygens (including phenoxy) is 2. The quantitative estimate of drug-likeness (QED) is 0.140. The molecule has 2 aliphatic heterocycles. The smallest absolute Gasteiger partial charge is 0.407 e. The van der Waals surface area contributed by atoms with Crippen LogP contribution < -0.4 is 21.3 Å². The molecule has 4 N–H and O–H groups in total. The number of imidazole rings is 1. The molecule has 0 radical (unpaired) electrons. The third kappa shape index (κ3) is 8.63. The van der Waals surface area contributed by atoms with Crippen molar-refractivity contribution >= 4 is 63.6 Å². The highest BCUT2D eigenvalue weighted by Gasteiger charge is 2.40. The van der Waals surface area contributed by atoms with Crippen LogP contribution >= 0.6 is 11.3 Å². The number of carbonyl (C=O) groups is 6. The molecule has 17 heteroatoms. The van der Waals surface area contributed by atoms with Gasteiger partial charge in [0.15, 0.2) is 10.8 Å². The van der Waals surface area contributed by atoms with Crippen molar-refractivity contribution in [3.05, 3.63) is 108 Å². The number of thiazole rings is 1. The first-order valence-corrected chi connectivity index (χ1v) is 19.6. The zero-order valence-electron chi connectivity index (χ0n) is 31.8. The van der Waals surface area contributed by atoms with Crippen LogP contribution in [0, 0.1) is 0 Å². The maximum Gasteiger partial charge on any atom is 0.407 e. The third-order valence-corrected chi connectivity index (χ3v) is 11.2. The molecule has 6 amide bonds. The number of nitrogens with one attached hydrogen (secondary N) is 4. The van der Waals surface area contributed by atoms with Crippen molar-refractivity contribution in [2.75, 3.05) is 37.9 Å². The Morgan fingerprint density at radius 2 is 1.17 bits per heavy atom. The van der Waals surface area contributed by atoms with Gasteiger partial charge in [0, 0.05) is 25.0 Å². The van der Waals surface area contributed by atoms with Crippen LogP contribution in [-0.2, 0) is 28.7 Å². The van der Waals surface area contributed by atoms with Crippen molar-refractivity contribution in [1.29, 1.82) is 0 Å². The second kappa shape index (κ2) is 17.6. The first-order valence-electron chi connectivity index (χ1n) is 18.7. The fourth-order valence-corrected chi connectivity index (χ4v) is 8.27. The summed E-state index contributed by atoms with van der Waals surface area (Å²) >= 11 is 1.41. The van der Waals surface area contributed by atoms with Gasteiger partial charge in [0.1, 0.15) is 24.2 Å². The second-order valence-electron chi connectivity index (χ2n) is 13.8. The molecule has 7 rings (SSSR count). The van der Waals surface area contributed by atoms with Crippen LogP contribution in [0.25, 0.3) is 15.4 Å². The lowest BCUT2D eigenvalue weighted by Gasteiger charge is -2.28. The van der Waals surface area contributed by atoms with Crippen molar-refractivity contribution < 1.29 is 38.2 Å². The van der Waals surface area contributed by atoms with Crippen LogP contribution in [0.3, 0.4) is 0 Å². The number of hydrogen-bond acceptors (Lipinski definition) is 10. The predicted molar refractivity (Wildman–Crippen MR) is 215 cm³/mol. The fourth-order valence-electron chi connectivity index (χ4n) is 7.30. The summed E-state index contributed by atoms with van der Waals surface area (Å²) in [5.74, 6) is -1.17. The van der Waals surface area contributed by atoms with E-state index in [9.17, 15) is 28.8 Å². The number of anilines is 2. The highest BCUT2D eigenvalue weighted by Crippen LogP contribution is 2.32. The summed E-state index contributed by atoms with van der Waals surface area (Å²) in [7, 11) is 2.45. The van der Waals surface area contributed by atoms with Gasteiger partial charge in [-0.25, -0.2) is 14.6 Å². The number of nitrogens with zero attached hydrogens (tertiary/aromatic N) is 4. The van der Waals surface area contributed by atoms with Crippen LogP contribution in [0.4, 0.5) is 21.1 Å². The van der Waals surface area contributed by atoms with E-state index in [1.54, 1.807) is 77.3 Å². The summed E-state index contributed by atoms with van der Waals surface area (Å²) in [4.78, 5) is 87.8. The second-order valence-corrected chi connectivity index (χ2v) is 14.8. The van der Waals surface area contributed by atoms with E-state index in [1.807, 2.05) is 24.4 Å². The van der Waals surface area contributed by atoms with E-state index >= 15 is 0 Å². The van der Waals surface area contributed by atoms with E-state index in [2.05, 4.69) is 26.3 Å². The molecule has 4 atom stereocenters. The molecule has 16 nitrogen and oxygen atoms in total. The number of amides is 6. The van der Waals surface area contributed by atoms with Gasteiger partial charge >= 0.3 is 12.2 Å². The molecule has 2 fully saturated rings. The normalized spacial score (nSPS) is 17.3. The topological polar surface area (TPSA) is 193 Å². The molecular weight excluding hydrogens is 765 g/mol. The Morgan fingerprint density at radius 1 is 0.672 bits per heavy atom. The molecule has 2 aliphatic rings. The average Bonchev–Trinajstić information content (AvgIpc) is 4.07. The molecule has 5 aromatic rings. The number of fused-ring (bicyclic) bond motifs is 1. The fraction of sp³-hybridized carbons (Fsp3) is 0.293. The molecule has 2 saturated heterocycles. The minimum absolute atomic E-state index is 0.327. The van der Waals surface area contributed by atoms with E-state index in [-0.39, 0.29) is 11.8 Å². The zero-order chi connectivity index (χ0) is 40.8. The first-order chi connectivity index (χ1) is 28.1. The molecule has 300 valence electrons. The molecular formula is C41H42N8O8S. The minimum Gasteiger partial charge on any atom is -0.453 e. The Balaban J connectivity index is 0.974. The largest absolute Gasteiger partial charge is 0.453 e. The van der Waals surface area contributed by atoms with Gasteiger partial charge in [-0.1, -0.05) is 84.1 Å². The van der Waals surface area contributed by atoms with E-state index in [1.165, 1.54) is 35.4 Å². The van der Waals surface area contributed by atoms with Crippen molar-refractivity contribution in [3.8, 4) is 10.4 Å². The molecule has 2 aromatic heterocycles. The van der Waals surface area contributed by atoms with Crippen LogP contribution in [0.2, 0.25) is 0 Å². The third-order valence-electron chi connectivity index (χ3n) is 10.2. The number of likely N-dealkylation sites (tertiary alicyclic amines) is 2. The summed E-state index contributed by atoms with van der Waals surface area (Å²) in [6.45, 7) is 0.731. The summed E-state index contributed by atoms with van der Waals surface area (Å²) in [6.07, 6.45) is 4.28. The van der Waals surface area contributed by atoms with Gasteiger partial charge < -0.3 is 40.5 Å². The molecule has 0 saturated carbocycles. The van der Waals surface area contributed by atoms with E-state index in [0.717, 1.165) is 10.4 Å². The van der Waals surface area contributed by atoms with E-state index in [0.29, 0.717) is 66.4 Å². The SMILES string of the molecule is COC(=O)N[C@@H](C(=O)N1CCC[C@H]1C(=O)Nc1ccc(-c2cn3cc(NC(=O)[C@@H]4CCCN4C(=O)[C@H](NC(=O)OC)c4ccccc4)nc3s2)cc1)c1ccccc1. The Hall–Kier alpha value is -6.75. The van der Waals surface area contributed by atoms with Crippen LogP contribution in [0.15, 0.2) is 97.3 Å². The standard InChI is InChI=1S/C41H42N8O8S/c1-56-40(54)45-33(26-11-5-3-6-12-26)37(52)48-21-9-15-29(48)35(50)42-28-19-17-25(18-20-28)31-23-47-24-32(44-39(47)58-31)43-36(51)30-16-10-22-49(30)38(53)34(46-41(55)57-2)27-13-7-4-8-14-27/h3-8,11-14,17-20,23-24,29-30,33-34H,9-10,15-16,21-22H2,1-2H3,(H,42,50)(H,43,51)(H,45,54)(H,46,55)/t29-,30-,33+,34+/m0/s1. The molecule has 0 aliphatic carbocycles. The highest BCUT2D eigenvalue weighted by molar-refractivity contribution is 7.20. The number of benzene rings is 3. The zero-order valence-corrected chi connectivity index (χ0v) is 32.6. The van der Waals surface area contributed by atoms with Gasteiger partial charge in [0.25, 0.3) is 11.8 Å². The van der Waals surface area contributed by atoms with Crippen molar-refractivity contribution in [3.63, 3.8) is 0 Å². The molecule has 0 bridgehead atoms. The van der Waals surface area contributed by atoms with Crippen molar-refractivity contribution in [1.82, 2.24) is 29.8 Å². The van der Waals surface area contributed by atoms with Crippen LogP contribution in [-0.4, -0.2) is 94.4 Å². The monoisotopic (exact) mass is 806 g/mol. The Morgan fingerprint density at radius 3 is 1.66 bits per heavy atom. The van der Waals surface area contributed by atoms with Gasteiger partial charge in [-0.3, -0.25) is 23.6 Å². The van der Waals surface area contributed by atoms with E-state index in [4.69, 9.17) is 9.47 Å². The number of carbonyl (C=O) groups excluding carboxylic acids is 6. The molecule has 58 heavy (non-hydrogen) atoms. The molecule has 0 spiro atoms. The predicted octanol–water partition coefficient (Wildman–Crippen LogP) is 5.12. The van der Waals surface area contributed by atoms with Crippen LogP contribution in [0.1, 0.15) is 48.9 Å². The number of methoxy groups -OCH3 is 2. The maximum absolute atomic E-state index is 13.7. The highest BCUT2D eigenvalue weighted by atomic mass is 32.1. The van der Waals surface area contributed by atoms with Gasteiger partial charge in [-0.15, -0.1) is 0 Å². The van der Waals surface area contributed by atoms with Gasteiger partial charge in [-0.2, -0.15) is 0 Å². The summed E-state index contributed by atoms with van der Waals surface area (Å²) in [5, 5.41) is 11.0. The molecule has 0 unspecified atom stereocenters. The summed E-state index contributed by atoms with van der Waals surface area (Å²) < 4.78 is 11.3. The number of hydrogen-bond donors (Lipinski definition) is 4. The molecule has 3 aromatic carbocycles. The molecule has 4 heterocycles. The number of alkyl carbamates (subject to hydrolysis) is 2. The minimum atomic E-state index is -1.02. The van der Waals surface area contributed by atoms with Gasteiger partial charge in [0.2, 0.25) is 11.8 Å². The van der Waals surface area contributed by atoms with E-state index < -0.39 is 48.2 Å². The average molecular weight is 807 g/mol. The lowest BCUT2D eigenvalue weighted by atomic mass is 10.0. The first kappa shape index (κ1) is 39.5. The lowest BCUT2D eigenvalue weighted by Crippen LogP contribution is -2.48. The summed E-state index contributed by atoms with van der Waals surface area (Å²) in [6, 6.07) is 21.4. The maximum atomic E-state index is 13.7. The number of rotatable bonds is 11. The summed E-state index contributed by atoms with van der Waals surface area (Å²) in [5.41, 5.74) is 2.59. The Labute approximate surface area is 337 Å². The van der Waals surface area contributed by atoms with Crippen LogP contribution in [0.5, 0.6) is 0 Å². The van der Waals surface area contributed by atoms with Gasteiger partial charge in [0.05, 0.1) is 25.3 Å². The van der Waals surface area contributed by atoms with Crippen molar-refractivity contribution in [2.45, 2.75) is 49.9 Å². The lowest BCUT2D eigenvalue weighted by molar-refractivity contribution is -0.138. The van der Waals surface area contributed by atoms with Crippen molar-refractivity contribution in [2.24, 2.45) is 0 Å². The Bertz CT molecular complexity index is 2270.